The van der Waals surface area contributed by atoms with Gasteiger partial charge < -0.3 is 5.32 Å². The van der Waals surface area contributed by atoms with Crippen LogP contribution in [0.2, 0.25) is 0 Å². The number of nitrogens with zero attached hydrogens (tertiary/aromatic N) is 3. The van der Waals surface area contributed by atoms with Crippen molar-refractivity contribution in [3.63, 3.8) is 0 Å². The van der Waals surface area contributed by atoms with Gasteiger partial charge in [0.25, 0.3) is 0 Å². The van der Waals surface area contributed by atoms with Gasteiger partial charge in [-0.1, -0.05) is 24.3 Å². The standard InChI is InChI=1S/C18H22N4O2S/c1-4-19-16-9-8-14-6-5-7-15(18(14)11-16)10-17-12-22(13-20-17)25(23,24)21(2)3/h5-9,11-13,19H,4,10H2,1-3H3. The van der Waals surface area contributed by atoms with Crippen molar-refractivity contribution in [2.45, 2.75) is 13.3 Å². The van der Waals surface area contributed by atoms with E-state index in [-0.39, 0.29) is 0 Å². The fourth-order valence-electron chi connectivity index (χ4n) is 2.75. The van der Waals surface area contributed by atoms with Gasteiger partial charge in [0.15, 0.2) is 0 Å². The molecular formula is C18H22N4O2S. The molecule has 0 spiro atoms. The van der Waals surface area contributed by atoms with E-state index >= 15 is 0 Å². The molecular weight excluding hydrogens is 336 g/mol. The molecule has 1 N–H and O–H groups in total. The summed E-state index contributed by atoms with van der Waals surface area (Å²) in [4.78, 5) is 4.27. The summed E-state index contributed by atoms with van der Waals surface area (Å²) >= 11 is 0. The van der Waals surface area contributed by atoms with E-state index in [1.807, 2.05) is 6.07 Å². The number of rotatable bonds is 6. The lowest BCUT2D eigenvalue weighted by Gasteiger charge is -2.11. The molecule has 0 aliphatic rings. The van der Waals surface area contributed by atoms with Crippen LogP contribution in [0.15, 0.2) is 48.9 Å². The van der Waals surface area contributed by atoms with Gasteiger partial charge in [0.1, 0.15) is 6.33 Å². The molecule has 0 saturated carbocycles. The van der Waals surface area contributed by atoms with Gasteiger partial charge in [0, 0.05) is 38.9 Å². The maximum absolute atomic E-state index is 12.2. The molecule has 1 heterocycles. The van der Waals surface area contributed by atoms with Crippen LogP contribution in [0.1, 0.15) is 18.2 Å². The smallest absolute Gasteiger partial charge is 0.308 e. The molecule has 0 atom stereocenters. The van der Waals surface area contributed by atoms with Crippen molar-refractivity contribution in [3.05, 3.63) is 60.2 Å². The second-order valence-corrected chi connectivity index (χ2v) is 8.09. The Kier molecular flexibility index (Phi) is 4.78. The SMILES string of the molecule is CCNc1ccc2cccc(Cc3cn(S(=O)(=O)N(C)C)cn3)c2c1. The Labute approximate surface area is 148 Å². The Morgan fingerprint density at radius 2 is 2.00 bits per heavy atom. The average Bonchev–Trinajstić information content (AvgIpc) is 3.05. The van der Waals surface area contributed by atoms with Crippen LogP contribution in [0.3, 0.4) is 0 Å². The average molecular weight is 358 g/mol. The van der Waals surface area contributed by atoms with Crippen LogP contribution >= 0.6 is 0 Å². The fraction of sp³-hybridized carbons (Fsp3) is 0.278. The third kappa shape index (κ3) is 3.52. The number of aromatic nitrogens is 2. The molecule has 1 aromatic heterocycles. The van der Waals surface area contributed by atoms with Gasteiger partial charge in [-0.2, -0.15) is 12.7 Å². The van der Waals surface area contributed by atoms with Gasteiger partial charge in [-0.3, -0.25) is 0 Å². The van der Waals surface area contributed by atoms with Gasteiger partial charge in [0.05, 0.1) is 5.69 Å². The summed E-state index contributed by atoms with van der Waals surface area (Å²) in [5, 5.41) is 5.62. The summed E-state index contributed by atoms with van der Waals surface area (Å²) in [7, 11) is -0.523. The van der Waals surface area contributed by atoms with Gasteiger partial charge in [-0.15, -0.1) is 0 Å². The largest absolute Gasteiger partial charge is 0.385 e. The summed E-state index contributed by atoms with van der Waals surface area (Å²) in [5.41, 5.74) is 2.90. The minimum absolute atomic E-state index is 0.572. The van der Waals surface area contributed by atoms with E-state index < -0.39 is 10.2 Å². The number of hydrogen-bond donors (Lipinski definition) is 1. The number of fused-ring (bicyclic) bond motifs is 1. The highest BCUT2D eigenvalue weighted by molar-refractivity contribution is 7.87. The number of nitrogens with one attached hydrogen (secondary N) is 1. The molecule has 3 rings (SSSR count). The Hall–Kier alpha value is -2.38. The van der Waals surface area contributed by atoms with E-state index in [1.54, 1.807) is 6.20 Å². The fourth-order valence-corrected chi connectivity index (χ4v) is 3.55. The number of imidazole rings is 1. The van der Waals surface area contributed by atoms with Gasteiger partial charge in [0.2, 0.25) is 0 Å². The lowest BCUT2D eigenvalue weighted by Crippen LogP contribution is -2.27. The van der Waals surface area contributed by atoms with Crippen molar-refractivity contribution in [3.8, 4) is 0 Å². The van der Waals surface area contributed by atoms with Crippen molar-refractivity contribution in [1.29, 1.82) is 0 Å². The minimum Gasteiger partial charge on any atom is -0.385 e. The summed E-state index contributed by atoms with van der Waals surface area (Å²) in [6.07, 6.45) is 3.49. The quantitative estimate of drug-likeness (QED) is 0.736. The molecule has 0 amide bonds. The lowest BCUT2D eigenvalue weighted by atomic mass is 10.0. The van der Waals surface area contributed by atoms with Crippen molar-refractivity contribution < 1.29 is 8.42 Å². The van der Waals surface area contributed by atoms with Gasteiger partial charge in [-0.25, -0.2) is 8.96 Å². The van der Waals surface area contributed by atoms with E-state index in [2.05, 4.69) is 47.6 Å². The molecule has 2 aromatic carbocycles. The number of benzene rings is 2. The maximum Gasteiger partial charge on any atom is 0.308 e. The predicted molar refractivity (Wildman–Crippen MR) is 101 cm³/mol. The maximum atomic E-state index is 12.2. The molecule has 0 bridgehead atoms. The van der Waals surface area contributed by atoms with Crippen LogP contribution in [0.25, 0.3) is 10.8 Å². The summed E-state index contributed by atoms with van der Waals surface area (Å²) in [6.45, 7) is 2.93. The second-order valence-electron chi connectivity index (χ2n) is 6.05. The monoisotopic (exact) mass is 358 g/mol. The Balaban J connectivity index is 1.96. The van der Waals surface area contributed by atoms with E-state index in [1.165, 1.54) is 24.7 Å². The molecule has 3 aromatic rings. The number of anilines is 1. The minimum atomic E-state index is -3.53. The normalized spacial score (nSPS) is 12.0. The van der Waals surface area contributed by atoms with Gasteiger partial charge in [-0.05, 0) is 35.4 Å². The summed E-state index contributed by atoms with van der Waals surface area (Å²) < 4.78 is 26.7. The van der Waals surface area contributed by atoms with Crippen LogP contribution in [0.4, 0.5) is 5.69 Å². The van der Waals surface area contributed by atoms with Crippen LogP contribution in [-0.4, -0.2) is 42.3 Å². The predicted octanol–water partition coefficient (Wildman–Crippen LogP) is 2.71. The lowest BCUT2D eigenvalue weighted by molar-refractivity contribution is 0.510. The zero-order chi connectivity index (χ0) is 18.0. The van der Waals surface area contributed by atoms with Crippen LogP contribution < -0.4 is 5.32 Å². The van der Waals surface area contributed by atoms with E-state index in [9.17, 15) is 8.42 Å². The molecule has 132 valence electrons. The third-order valence-electron chi connectivity index (χ3n) is 4.07. The first kappa shape index (κ1) is 17.4. The number of hydrogen-bond acceptors (Lipinski definition) is 4. The molecule has 25 heavy (non-hydrogen) atoms. The molecule has 6 nitrogen and oxygen atoms in total. The first-order valence-corrected chi connectivity index (χ1v) is 9.53. The van der Waals surface area contributed by atoms with E-state index in [0.29, 0.717) is 12.1 Å². The zero-order valence-electron chi connectivity index (χ0n) is 14.6. The molecule has 0 saturated heterocycles. The Bertz CT molecular complexity index is 993. The topological polar surface area (TPSA) is 67.2 Å². The zero-order valence-corrected chi connectivity index (χ0v) is 15.4. The first-order chi connectivity index (χ1) is 11.9. The van der Waals surface area contributed by atoms with Crippen LogP contribution in [-0.2, 0) is 16.6 Å². The molecule has 0 aliphatic carbocycles. The Morgan fingerprint density at radius 1 is 1.20 bits per heavy atom. The van der Waals surface area contributed by atoms with Crippen molar-refractivity contribution >= 4 is 26.7 Å². The van der Waals surface area contributed by atoms with Crippen molar-refractivity contribution in [1.82, 2.24) is 13.3 Å². The van der Waals surface area contributed by atoms with E-state index in [0.717, 1.165) is 32.5 Å². The summed E-state index contributed by atoms with van der Waals surface area (Å²) in [6, 6.07) is 12.4. The highest BCUT2D eigenvalue weighted by Gasteiger charge is 2.17. The second kappa shape index (κ2) is 6.85. The highest BCUT2D eigenvalue weighted by Crippen LogP contribution is 2.24. The van der Waals surface area contributed by atoms with Gasteiger partial charge >= 0.3 is 10.2 Å². The van der Waals surface area contributed by atoms with Crippen LogP contribution in [0.5, 0.6) is 0 Å². The molecule has 0 aliphatic heterocycles. The molecule has 0 radical (unpaired) electrons. The molecule has 0 fully saturated rings. The molecule has 7 heteroatoms. The van der Waals surface area contributed by atoms with Crippen LogP contribution in [0, 0.1) is 0 Å². The highest BCUT2D eigenvalue weighted by atomic mass is 32.2. The first-order valence-electron chi connectivity index (χ1n) is 8.13. The Morgan fingerprint density at radius 3 is 2.72 bits per heavy atom. The van der Waals surface area contributed by atoms with Crippen molar-refractivity contribution in [2.75, 3.05) is 26.0 Å². The third-order valence-corrected chi connectivity index (χ3v) is 5.72. The van der Waals surface area contributed by atoms with Crippen molar-refractivity contribution in [2.24, 2.45) is 0 Å². The molecule has 0 unspecified atom stereocenters. The summed E-state index contributed by atoms with van der Waals surface area (Å²) in [5.74, 6) is 0. The van der Waals surface area contributed by atoms with E-state index in [4.69, 9.17) is 0 Å².